The van der Waals surface area contributed by atoms with Crippen LogP contribution in [0.5, 0.6) is 5.75 Å². The topological polar surface area (TPSA) is 72.9 Å². The van der Waals surface area contributed by atoms with Gasteiger partial charge in [-0.2, -0.15) is 0 Å². The highest BCUT2D eigenvalue weighted by molar-refractivity contribution is 6.20. The van der Waals surface area contributed by atoms with Crippen molar-refractivity contribution in [2.45, 2.75) is 46.0 Å². The van der Waals surface area contributed by atoms with Crippen LogP contribution in [-0.2, 0) is 15.0 Å². The number of hydrogen-bond acceptors (Lipinski definition) is 5. The van der Waals surface area contributed by atoms with E-state index in [1.165, 1.54) is 17.7 Å². The van der Waals surface area contributed by atoms with E-state index in [0.717, 1.165) is 11.3 Å². The first kappa shape index (κ1) is 20.6. The van der Waals surface area contributed by atoms with Crippen LogP contribution in [0.2, 0.25) is 0 Å². The minimum atomic E-state index is -0.650. The Morgan fingerprint density at radius 2 is 1.62 bits per heavy atom. The summed E-state index contributed by atoms with van der Waals surface area (Å²) in [5, 5.41) is 0.531. The van der Waals surface area contributed by atoms with E-state index in [2.05, 4.69) is 26.8 Å². The van der Waals surface area contributed by atoms with Crippen molar-refractivity contribution >= 4 is 17.8 Å². The van der Waals surface area contributed by atoms with Crippen LogP contribution in [0.1, 0.15) is 65.5 Å². The zero-order valence-corrected chi connectivity index (χ0v) is 17.2. The quantitative estimate of drug-likeness (QED) is 0.541. The van der Waals surface area contributed by atoms with Crippen LogP contribution >= 0.6 is 0 Å². The molecule has 0 atom stereocenters. The number of carbonyl (C=O) groups is 3. The summed E-state index contributed by atoms with van der Waals surface area (Å²) in [6.07, 6.45) is 0.439. The first-order valence-electron chi connectivity index (χ1n) is 9.61. The number of aryl methyl sites for hydroxylation is 1. The van der Waals surface area contributed by atoms with E-state index in [1.54, 1.807) is 12.1 Å². The van der Waals surface area contributed by atoms with Gasteiger partial charge in [0.05, 0.1) is 24.2 Å². The molecule has 0 aromatic heterocycles. The molecule has 6 heteroatoms. The Hall–Kier alpha value is -3.15. The summed E-state index contributed by atoms with van der Waals surface area (Å²) in [6.45, 7) is 8.78. The van der Waals surface area contributed by atoms with Gasteiger partial charge in [-0.15, -0.1) is 0 Å². The number of fused-ring (bicyclic) bond motifs is 1. The average molecular weight is 395 g/mol. The molecule has 0 bridgehead atoms. The SMILES string of the molecule is Cc1cc(C(C)(C)C)ccc1OCCCC(=O)ON1C(=O)c2ccccc2C1=O. The fourth-order valence-corrected chi connectivity index (χ4v) is 3.07. The fraction of sp³-hybridized carbons (Fsp3) is 0.348. The molecule has 29 heavy (non-hydrogen) atoms. The van der Waals surface area contributed by atoms with Gasteiger partial charge in [-0.3, -0.25) is 9.59 Å². The van der Waals surface area contributed by atoms with Gasteiger partial charge >= 0.3 is 5.97 Å². The molecule has 0 unspecified atom stereocenters. The maximum absolute atomic E-state index is 12.2. The standard InChI is InChI=1S/C23H25NO5/c1-15-14-16(23(2,3)4)11-12-19(15)28-13-7-10-20(25)29-24-21(26)17-8-5-6-9-18(17)22(24)27/h5-6,8-9,11-12,14H,7,10,13H2,1-4H3. The van der Waals surface area contributed by atoms with Gasteiger partial charge in [0.2, 0.25) is 0 Å². The van der Waals surface area contributed by atoms with Crippen LogP contribution in [0.3, 0.4) is 0 Å². The molecule has 0 spiro atoms. The predicted molar refractivity (Wildman–Crippen MR) is 108 cm³/mol. The van der Waals surface area contributed by atoms with E-state index in [-0.39, 0.29) is 23.0 Å². The number of nitrogens with zero attached hydrogens (tertiary/aromatic N) is 1. The summed E-state index contributed by atoms with van der Waals surface area (Å²) < 4.78 is 5.76. The number of imide groups is 1. The molecule has 0 N–H and O–H groups in total. The van der Waals surface area contributed by atoms with Crippen LogP contribution in [0.25, 0.3) is 0 Å². The molecule has 3 rings (SSSR count). The Kier molecular flexibility index (Phi) is 5.73. The van der Waals surface area contributed by atoms with Gasteiger partial charge in [0.15, 0.2) is 0 Å². The molecule has 2 aromatic carbocycles. The van der Waals surface area contributed by atoms with Crippen LogP contribution in [0, 0.1) is 6.92 Å². The number of hydroxylamine groups is 2. The predicted octanol–water partition coefficient (Wildman–Crippen LogP) is 4.21. The number of benzene rings is 2. The molecule has 2 amide bonds. The molecular weight excluding hydrogens is 370 g/mol. The van der Waals surface area contributed by atoms with Crippen LogP contribution in [-0.4, -0.2) is 29.5 Å². The Morgan fingerprint density at radius 3 is 2.17 bits per heavy atom. The molecule has 152 valence electrons. The summed E-state index contributed by atoms with van der Waals surface area (Å²) in [6, 6.07) is 12.5. The maximum Gasteiger partial charge on any atom is 0.333 e. The summed E-state index contributed by atoms with van der Waals surface area (Å²) in [7, 11) is 0. The fourth-order valence-electron chi connectivity index (χ4n) is 3.07. The Morgan fingerprint density at radius 1 is 1.00 bits per heavy atom. The molecule has 1 aliphatic rings. The minimum Gasteiger partial charge on any atom is -0.493 e. The van der Waals surface area contributed by atoms with E-state index in [4.69, 9.17) is 9.57 Å². The van der Waals surface area contributed by atoms with Gasteiger partial charge < -0.3 is 9.57 Å². The number of rotatable bonds is 6. The molecule has 1 aliphatic heterocycles. The molecule has 0 saturated heterocycles. The lowest BCUT2D eigenvalue weighted by Crippen LogP contribution is -2.32. The van der Waals surface area contributed by atoms with Crippen LogP contribution in [0.4, 0.5) is 0 Å². The van der Waals surface area contributed by atoms with Gasteiger partial charge in [-0.05, 0) is 48.1 Å². The van der Waals surface area contributed by atoms with Crippen LogP contribution in [0.15, 0.2) is 42.5 Å². The highest BCUT2D eigenvalue weighted by Gasteiger charge is 2.38. The van der Waals surface area contributed by atoms with Crippen molar-refractivity contribution in [2.75, 3.05) is 6.61 Å². The van der Waals surface area contributed by atoms with Gasteiger partial charge in [0.25, 0.3) is 11.8 Å². The third-order valence-corrected chi connectivity index (χ3v) is 4.77. The average Bonchev–Trinajstić information content (AvgIpc) is 2.90. The van der Waals surface area contributed by atoms with E-state index < -0.39 is 17.8 Å². The third-order valence-electron chi connectivity index (χ3n) is 4.77. The van der Waals surface area contributed by atoms with E-state index in [1.807, 2.05) is 19.1 Å². The van der Waals surface area contributed by atoms with E-state index in [9.17, 15) is 14.4 Å². The number of ether oxygens (including phenoxy) is 1. The number of hydrogen-bond donors (Lipinski definition) is 0. The van der Waals surface area contributed by atoms with Gasteiger partial charge in [0, 0.05) is 0 Å². The monoisotopic (exact) mass is 395 g/mol. The Bertz CT molecular complexity index is 923. The highest BCUT2D eigenvalue weighted by Crippen LogP contribution is 2.28. The Balaban J connectivity index is 1.48. The largest absolute Gasteiger partial charge is 0.493 e. The van der Waals surface area contributed by atoms with Crippen molar-refractivity contribution in [1.82, 2.24) is 5.06 Å². The Labute approximate surface area is 170 Å². The lowest BCUT2D eigenvalue weighted by Gasteiger charge is -2.20. The minimum absolute atomic E-state index is 0.0343. The molecule has 0 fully saturated rings. The summed E-state index contributed by atoms with van der Waals surface area (Å²) in [4.78, 5) is 41.4. The highest BCUT2D eigenvalue weighted by atomic mass is 16.7. The summed E-state index contributed by atoms with van der Waals surface area (Å²) >= 11 is 0. The second-order valence-corrected chi connectivity index (χ2v) is 8.10. The molecular formula is C23H25NO5. The second kappa shape index (κ2) is 8.07. The first-order valence-corrected chi connectivity index (χ1v) is 9.61. The summed E-state index contributed by atoms with van der Waals surface area (Å²) in [5.74, 6) is -1.12. The normalized spacial score (nSPS) is 13.4. The first-order chi connectivity index (χ1) is 13.7. The lowest BCUT2D eigenvalue weighted by molar-refractivity contribution is -0.168. The van der Waals surface area contributed by atoms with Crippen molar-refractivity contribution in [2.24, 2.45) is 0 Å². The van der Waals surface area contributed by atoms with Gasteiger partial charge in [-0.25, -0.2) is 4.79 Å². The molecule has 0 radical (unpaired) electrons. The molecule has 0 saturated carbocycles. The third kappa shape index (κ3) is 4.47. The maximum atomic E-state index is 12.2. The zero-order valence-electron chi connectivity index (χ0n) is 17.2. The van der Waals surface area contributed by atoms with Gasteiger partial charge in [0.1, 0.15) is 5.75 Å². The van der Waals surface area contributed by atoms with E-state index >= 15 is 0 Å². The van der Waals surface area contributed by atoms with Crippen molar-refractivity contribution in [3.8, 4) is 5.75 Å². The summed E-state index contributed by atoms with van der Waals surface area (Å²) in [5.41, 5.74) is 2.81. The van der Waals surface area contributed by atoms with Crippen molar-refractivity contribution < 1.29 is 24.0 Å². The van der Waals surface area contributed by atoms with E-state index in [0.29, 0.717) is 18.1 Å². The van der Waals surface area contributed by atoms with Crippen molar-refractivity contribution in [1.29, 1.82) is 0 Å². The second-order valence-electron chi connectivity index (χ2n) is 8.10. The van der Waals surface area contributed by atoms with Crippen molar-refractivity contribution in [3.05, 3.63) is 64.7 Å². The smallest absolute Gasteiger partial charge is 0.333 e. The molecule has 1 heterocycles. The zero-order chi connectivity index (χ0) is 21.2. The molecule has 6 nitrogen and oxygen atoms in total. The van der Waals surface area contributed by atoms with Gasteiger partial charge in [-0.1, -0.05) is 50.1 Å². The van der Waals surface area contributed by atoms with Crippen LogP contribution < -0.4 is 4.74 Å². The number of carbonyl (C=O) groups excluding carboxylic acids is 3. The number of amides is 2. The lowest BCUT2D eigenvalue weighted by atomic mass is 9.86. The molecule has 0 aliphatic carbocycles. The molecule has 2 aromatic rings. The van der Waals surface area contributed by atoms with Crippen molar-refractivity contribution in [3.63, 3.8) is 0 Å².